The monoisotopic (exact) mass is 709 g/mol. The minimum absolute atomic E-state index is 0.0309. The highest BCUT2D eigenvalue weighted by atomic mass is 32.1. The van der Waals surface area contributed by atoms with E-state index < -0.39 is 0 Å². The fourth-order valence-electron chi connectivity index (χ4n) is 8.00. The molecule has 3 N–H and O–H groups in total. The first-order chi connectivity index (χ1) is 25.2. The third-order valence-corrected chi connectivity index (χ3v) is 13.9. The van der Waals surface area contributed by atoms with Gasteiger partial charge in [-0.05, 0) is 58.7 Å². The number of hydrogen-bond acceptors (Lipinski definition) is 6. The highest BCUT2D eigenvalue weighted by molar-refractivity contribution is 7.27. The van der Waals surface area contributed by atoms with E-state index in [9.17, 15) is 0 Å². The van der Waals surface area contributed by atoms with Gasteiger partial charge in [0.05, 0.1) is 18.5 Å². The zero-order valence-electron chi connectivity index (χ0n) is 27.4. The summed E-state index contributed by atoms with van der Waals surface area (Å²) in [6, 6.07) is 55.8. The molecule has 3 nitrogen and oxygen atoms in total. The minimum Gasteiger partial charge on any atom is -0.279 e. The van der Waals surface area contributed by atoms with Crippen LogP contribution in [-0.4, -0.2) is 0 Å². The molecule has 244 valence electrons. The second-order valence-corrected chi connectivity index (χ2v) is 16.6. The molecule has 1 fully saturated rings. The molecule has 3 unspecified atom stereocenters. The van der Waals surface area contributed by atoms with Gasteiger partial charge in [-0.2, -0.15) is 0 Å². The average molecular weight is 710 g/mol. The first-order valence-electron chi connectivity index (χ1n) is 17.4. The number of thiophene rings is 3. The lowest BCUT2D eigenvalue weighted by Crippen LogP contribution is -2.54. The minimum atomic E-state index is -0.0721. The van der Waals surface area contributed by atoms with Crippen molar-refractivity contribution in [2.75, 3.05) is 0 Å². The molecule has 3 aromatic heterocycles. The third kappa shape index (κ3) is 4.87. The molecule has 10 aromatic rings. The van der Waals surface area contributed by atoms with E-state index in [0.29, 0.717) is 0 Å². The Kier molecular flexibility index (Phi) is 6.90. The van der Waals surface area contributed by atoms with Crippen molar-refractivity contribution in [3.8, 4) is 11.1 Å². The second-order valence-electron chi connectivity index (χ2n) is 13.4. The molecule has 1 saturated heterocycles. The lowest BCUT2D eigenvalue weighted by Gasteiger charge is -2.39. The molecule has 6 heteroatoms. The van der Waals surface area contributed by atoms with Crippen molar-refractivity contribution in [1.29, 1.82) is 0 Å². The van der Waals surface area contributed by atoms with Crippen molar-refractivity contribution >= 4 is 94.5 Å². The van der Waals surface area contributed by atoms with Gasteiger partial charge in [0.25, 0.3) is 0 Å². The number of fused-ring (bicyclic) bond motifs is 9. The summed E-state index contributed by atoms with van der Waals surface area (Å²) in [6.07, 6.45) is -0.152. The summed E-state index contributed by atoms with van der Waals surface area (Å²) in [4.78, 5) is 0. The number of benzene rings is 7. The van der Waals surface area contributed by atoms with Gasteiger partial charge in [-0.15, -0.1) is 34.0 Å². The summed E-state index contributed by atoms with van der Waals surface area (Å²) in [5.74, 6) is 0. The molecule has 4 heterocycles. The maximum atomic E-state index is 3.96. The molecule has 11 rings (SSSR count). The standard InChI is InChI=1S/C45H31N3S3/c1-2-10-26(11-3-1)43-46-44(48-45(47-43)28-20-22-31-29-12-4-6-17-36(29)50-40(31)25-28)27-21-23-38-35(24-27)41-32(14-9-19-39(41)49-38)34-16-8-15-33-30-13-5-7-18-37(30)51-42(33)34/h1-25,43-48H. The second kappa shape index (κ2) is 11.8. The molecule has 51 heavy (non-hydrogen) atoms. The Balaban J connectivity index is 1.04. The summed E-state index contributed by atoms with van der Waals surface area (Å²) in [7, 11) is 0. The smallest absolute Gasteiger partial charge is 0.0865 e. The van der Waals surface area contributed by atoms with E-state index in [1.165, 1.54) is 88.3 Å². The van der Waals surface area contributed by atoms with Gasteiger partial charge in [-0.1, -0.05) is 115 Å². The first kappa shape index (κ1) is 29.8. The SMILES string of the molecule is c1ccc(C2NC(c3ccc4c(c3)sc3ccccc34)NC(c3ccc4sc5cccc(-c6cccc7c6sc6ccccc67)c5c4c3)N2)cc1. The molecule has 3 atom stereocenters. The topological polar surface area (TPSA) is 36.1 Å². The van der Waals surface area contributed by atoms with Crippen LogP contribution in [0.25, 0.3) is 71.6 Å². The molecule has 0 radical (unpaired) electrons. The Labute approximate surface area is 306 Å². The van der Waals surface area contributed by atoms with Crippen LogP contribution >= 0.6 is 34.0 Å². The van der Waals surface area contributed by atoms with Crippen LogP contribution in [0, 0.1) is 0 Å². The molecule has 0 saturated carbocycles. The van der Waals surface area contributed by atoms with Crippen LogP contribution < -0.4 is 16.0 Å². The van der Waals surface area contributed by atoms with Gasteiger partial charge in [0, 0.05) is 66.1 Å². The molecule has 0 spiro atoms. The summed E-state index contributed by atoms with van der Waals surface area (Å²) < 4.78 is 7.96. The van der Waals surface area contributed by atoms with Crippen LogP contribution in [0.4, 0.5) is 0 Å². The summed E-state index contributed by atoms with van der Waals surface area (Å²) in [6.45, 7) is 0. The number of nitrogens with one attached hydrogen (secondary N) is 3. The van der Waals surface area contributed by atoms with E-state index in [-0.39, 0.29) is 18.5 Å². The van der Waals surface area contributed by atoms with Crippen LogP contribution in [0.1, 0.15) is 35.2 Å². The Hall–Kier alpha value is -4.92. The van der Waals surface area contributed by atoms with Crippen LogP contribution in [0.5, 0.6) is 0 Å². The Bertz CT molecular complexity index is 2940. The Morgan fingerprint density at radius 2 is 0.882 bits per heavy atom. The van der Waals surface area contributed by atoms with Crippen molar-refractivity contribution in [1.82, 2.24) is 16.0 Å². The zero-order chi connectivity index (χ0) is 33.5. The van der Waals surface area contributed by atoms with Gasteiger partial charge in [-0.25, -0.2) is 0 Å². The molecule has 0 amide bonds. The lowest BCUT2D eigenvalue weighted by atomic mass is 9.96. The summed E-state index contributed by atoms with van der Waals surface area (Å²) >= 11 is 5.66. The highest BCUT2D eigenvalue weighted by Gasteiger charge is 2.30. The van der Waals surface area contributed by atoms with Gasteiger partial charge in [0.2, 0.25) is 0 Å². The van der Waals surface area contributed by atoms with Gasteiger partial charge >= 0.3 is 0 Å². The molecule has 0 bridgehead atoms. The molecule has 1 aliphatic heterocycles. The van der Waals surface area contributed by atoms with Crippen LogP contribution in [-0.2, 0) is 0 Å². The van der Waals surface area contributed by atoms with Crippen molar-refractivity contribution < 1.29 is 0 Å². The predicted molar refractivity (Wildman–Crippen MR) is 221 cm³/mol. The van der Waals surface area contributed by atoms with E-state index >= 15 is 0 Å². The largest absolute Gasteiger partial charge is 0.279 e. The Morgan fingerprint density at radius 3 is 1.71 bits per heavy atom. The zero-order valence-corrected chi connectivity index (χ0v) is 29.8. The molecule has 7 aromatic carbocycles. The fraction of sp³-hybridized carbons (Fsp3) is 0.0667. The van der Waals surface area contributed by atoms with E-state index in [0.717, 1.165) is 0 Å². The van der Waals surface area contributed by atoms with E-state index in [1.807, 2.05) is 34.0 Å². The maximum Gasteiger partial charge on any atom is 0.0865 e. The van der Waals surface area contributed by atoms with Crippen LogP contribution in [0.3, 0.4) is 0 Å². The van der Waals surface area contributed by atoms with E-state index in [2.05, 4.69) is 168 Å². The molecular weight excluding hydrogens is 679 g/mol. The van der Waals surface area contributed by atoms with E-state index in [4.69, 9.17) is 0 Å². The normalized spacial score (nSPS) is 18.2. The van der Waals surface area contributed by atoms with Crippen molar-refractivity contribution in [2.24, 2.45) is 0 Å². The van der Waals surface area contributed by atoms with Gasteiger partial charge in [0.1, 0.15) is 0 Å². The van der Waals surface area contributed by atoms with E-state index in [1.54, 1.807) is 0 Å². The number of rotatable bonds is 4. The van der Waals surface area contributed by atoms with Crippen molar-refractivity contribution in [3.63, 3.8) is 0 Å². The molecule has 1 aliphatic rings. The lowest BCUT2D eigenvalue weighted by molar-refractivity contribution is 0.203. The Morgan fingerprint density at radius 1 is 0.333 bits per heavy atom. The maximum absolute atomic E-state index is 3.96. The molecule has 0 aliphatic carbocycles. The van der Waals surface area contributed by atoms with Crippen LogP contribution in [0.15, 0.2) is 152 Å². The molecular formula is C45H31N3S3. The average Bonchev–Trinajstić information content (AvgIpc) is 3.88. The number of hydrogen-bond donors (Lipinski definition) is 3. The van der Waals surface area contributed by atoms with Gasteiger partial charge in [-0.3, -0.25) is 16.0 Å². The predicted octanol–water partition coefficient (Wildman–Crippen LogP) is 12.6. The fourth-order valence-corrected chi connectivity index (χ4v) is 11.5. The van der Waals surface area contributed by atoms with Crippen molar-refractivity contribution in [3.05, 3.63) is 168 Å². The van der Waals surface area contributed by atoms with Crippen LogP contribution in [0.2, 0.25) is 0 Å². The summed E-state index contributed by atoms with van der Waals surface area (Å²) in [5, 5.41) is 19.7. The highest BCUT2D eigenvalue weighted by Crippen LogP contribution is 2.46. The van der Waals surface area contributed by atoms with Gasteiger partial charge < -0.3 is 0 Å². The third-order valence-electron chi connectivity index (χ3n) is 10.4. The first-order valence-corrected chi connectivity index (χ1v) is 19.8. The quantitative estimate of drug-likeness (QED) is 0.170. The van der Waals surface area contributed by atoms with Gasteiger partial charge in [0.15, 0.2) is 0 Å². The summed E-state index contributed by atoms with van der Waals surface area (Å²) in [5.41, 5.74) is 6.30. The van der Waals surface area contributed by atoms with Crippen molar-refractivity contribution in [2.45, 2.75) is 18.5 Å².